The normalized spacial score (nSPS) is 15.3. The summed E-state index contributed by atoms with van der Waals surface area (Å²) >= 11 is 0. The zero-order valence-electron chi connectivity index (χ0n) is 8.39. The van der Waals surface area contributed by atoms with E-state index in [0.717, 1.165) is 34.4 Å². The Bertz CT molecular complexity index is 506. The second-order valence-corrected chi connectivity index (χ2v) is 3.92. The maximum Gasteiger partial charge on any atom is 0.225 e. The molecule has 1 fully saturated rings. The Labute approximate surface area is 88.1 Å². The number of aromatic nitrogens is 1. The predicted molar refractivity (Wildman–Crippen MR) is 59.7 cm³/mol. The van der Waals surface area contributed by atoms with E-state index in [2.05, 4.69) is 11.0 Å². The van der Waals surface area contributed by atoms with E-state index < -0.39 is 0 Å². The molecule has 0 N–H and O–H groups in total. The van der Waals surface area contributed by atoms with Crippen molar-refractivity contribution in [3.63, 3.8) is 0 Å². The number of rotatable bonds is 1. The van der Waals surface area contributed by atoms with E-state index in [-0.39, 0.29) is 0 Å². The van der Waals surface area contributed by atoms with E-state index in [1.807, 2.05) is 18.2 Å². The maximum atomic E-state index is 11.6. The molecule has 0 aliphatic carbocycles. The molecule has 2 aromatic rings. The molecule has 0 atom stereocenters. The number of fused-ring (bicyclic) bond motifs is 1. The molecular formula is C12H12N2O. The lowest BCUT2D eigenvalue weighted by molar-refractivity contribution is -0.576. The highest BCUT2D eigenvalue weighted by Gasteiger charge is 2.15. The lowest BCUT2D eigenvalue weighted by atomic mass is 10.1. The van der Waals surface area contributed by atoms with Gasteiger partial charge in [0.2, 0.25) is 5.52 Å². The number of hydrogen-bond acceptors (Lipinski definition) is 2. The summed E-state index contributed by atoms with van der Waals surface area (Å²) < 4.78 is 0.929. The summed E-state index contributed by atoms with van der Waals surface area (Å²) in [5.41, 5.74) is 1.91. The van der Waals surface area contributed by atoms with Crippen molar-refractivity contribution in [3.05, 3.63) is 41.7 Å². The minimum Gasteiger partial charge on any atom is -0.618 e. The fourth-order valence-corrected chi connectivity index (χ4v) is 1.94. The fraction of sp³-hybridized carbons (Fsp3) is 0.250. The van der Waals surface area contributed by atoms with Crippen LogP contribution in [0.4, 0.5) is 5.69 Å². The quantitative estimate of drug-likeness (QED) is 0.518. The van der Waals surface area contributed by atoms with E-state index in [1.54, 1.807) is 12.3 Å². The molecule has 1 aliphatic rings. The van der Waals surface area contributed by atoms with Crippen molar-refractivity contribution in [3.8, 4) is 0 Å². The molecule has 0 amide bonds. The van der Waals surface area contributed by atoms with Gasteiger partial charge in [0.05, 0.1) is 0 Å². The summed E-state index contributed by atoms with van der Waals surface area (Å²) in [7, 11) is 0. The highest BCUT2D eigenvalue weighted by atomic mass is 16.5. The minimum absolute atomic E-state index is 0.752. The number of pyridine rings is 1. The number of nitrogens with zero attached hydrogens (tertiary/aromatic N) is 2. The van der Waals surface area contributed by atoms with Gasteiger partial charge in [-0.3, -0.25) is 0 Å². The third-order valence-electron chi connectivity index (χ3n) is 2.97. The van der Waals surface area contributed by atoms with Gasteiger partial charge in [0.1, 0.15) is 0 Å². The second kappa shape index (κ2) is 3.12. The maximum absolute atomic E-state index is 11.6. The molecule has 0 unspecified atom stereocenters. The summed E-state index contributed by atoms with van der Waals surface area (Å²) in [6, 6.07) is 9.81. The molecule has 76 valence electrons. The first-order valence-corrected chi connectivity index (χ1v) is 5.21. The highest BCUT2D eigenvalue weighted by Crippen LogP contribution is 2.23. The second-order valence-electron chi connectivity index (χ2n) is 3.92. The number of benzene rings is 1. The van der Waals surface area contributed by atoms with Crippen LogP contribution in [0.1, 0.15) is 6.42 Å². The van der Waals surface area contributed by atoms with Gasteiger partial charge >= 0.3 is 0 Å². The van der Waals surface area contributed by atoms with Gasteiger partial charge in [-0.15, -0.1) is 0 Å². The smallest absolute Gasteiger partial charge is 0.225 e. The Balaban J connectivity index is 2.15. The van der Waals surface area contributed by atoms with Crippen molar-refractivity contribution < 1.29 is 4.73 Å². The van der Waals surface area contributed by atoms with E-state index >= 15 is 0 Å². The van der Waals surface area contributed by atoms with E-state index in [9.17, 15) is 5.21 Å². The Morgan fingerprint density at radius 1 is 1.20 bits per heavy atom. The molecule has 0 saturated carbocycles. The molecule has 3 heteroatoms. The molecule has 1 aliphatic heterocycles. The molecule has 1 aromatic heterocycles. The average Bonchev–Trinajstić information content (AvgIpc) is 2.17. The van der Waals surface area contributed by atoms with Gasteiger partial charge in [-0.1, -0.05) is 0 Å². The third kappa shape index (κ3) is 1.31. The molecule has 2 heterocycles. The third-order valence-corrected chi connectivity index (χ3v) is 2.97. The van der Waals surface area contributed by atoms with Gasteiger partial charge in [0.15, 0.2) is 6.20 Å². The first-order valence-electron chi connectivity index (χ1n) is 5.21. The van der Waals surface area contributed by atoms with Crippen molar-refractivity contribution in [2.24, 2.45) is 0 Å². The van der Waals surface area contributed by atoms with Gasteiger partial charge in [-0.25, -0.2) is 0 Å². The van der Waals surface area contributed by atoms with Crippen LogP contribution in [0.2, 0.25) is 0 Å². The Morgan fingerprint density at radius 2 is 2.07 bits per heavy atom. The Morgan fingerprint density at radius 3 is 2.80 bits per heavy atom. The molecule has 0 bridgehead atoms. The topological polar surface area (TPSA) is 30.2 Å². The van der Waals surface area contributed by atoms with Crippen LogP contribution >= 0.6 is 0 Å². The SMILES string of the molecule is [O-][n+]1cccc2ccc(N3CCC3)cc21. The van der Waals surface area contributed by atoms with Crippen LogP contribution in [0.5, 0.6) is 0 Å². The van der Waals surface area contributed by atoms with Crippen molar-refractivity contribution in [1.82, 2.24) is 0 Å². The van der Waals surface area contributed by atoms with Crippen LogP contribution in [-0.4, -0.2) is 13.1 Å². The summed E-state index contributed by atoms with van der Waals surface area (Å²) in [6.07, 6.45) is 2.80. The standard InChI is InChI=1S/C12H12N2O/c15-14-8-1-3-10-4-5-11(9-12(10)14)13-6-2-7-13/h1,3-5,8-9H,2,6-7H2. The molecular weight excluding hydrogens is 188 g/mol. The minimum atomic E-state index is 0.752. The summed E-state index contributed by atoms with van der Waals surface area (Å²) in [4.78, 5) is 2.28. The molecule has 0 radical (unpaired) electrons. The predicted octanol–water partition coefficient (Wildman–Crippen LogP) is 1.68. The van der Waals surface area contributed by atoms with Gasteiger partial charge in [0.25, 0.3) is 0 Å². The summed E-state index contributed by atoms with van der Waals surface area (Å²) in [5, 5.41) is 12.6. The first-order chi connectivity index (χ1) is 7.34. The zero-order valence-corrected chi connectivity index (χ0v) is 8.39. The summed E-state index contributed by atoms with van der Waals surface area (Å²) in [5.74, 6) is 0. The fourth-order valence-electron chi connectivity index (χ4n) is 1.94. The molecule has 1 aromatic carbocycles. The lowest BCUT2D eigenvalue weighted by Crippen LogP contribution is -2.37. The molecule has 3 rings (SSSR count). The van der Waals surface area contributed by atoms with Crippen LogP contribution in [0.15, 0.2) is 36.5 Å². The van der Waals surface area contributed by atoms with Crippen LogP contribution < -0.4 is 9.63 Å². The highest BCUT2D eigenvalue weighted by molar-refractivity contribution is 5.79. The van der Waals surface area contributed by atoms with E-state index in [1.165, 1.54) is 6.42 Å². The van der Waals surface area contributed by atoms with E-state index in [0.29, 0.717) is 0 Å². The summed E-state index contributed by atoms with van der Waals surface area (Å²) in [6.45, 7) is 2.22. The van der Waals surface area contributed by atoms with Gasteiger partial charge in [0, 0.05) is 36.3 Å². The van der Waals surface area contributed by atoms with Gasteiger partial charge in [-0.05, 0) is 24.6 Å². The molecule has 1 saturated heterocycles. The van der Waals surface area contributed by atoms with Crippen LogP contribution in [0.3, 0.4) is 0 Å². The van der Waals surface area contributed by atoms with Crippen molar-refractivity contribution in [2.75, 3.05) is 18.0 Å². The van der Waals surface area contributed by atoms with Crippen LogP contribution in [0, 0.1) is 5.21 Å². The van der Waals surface area contributed by atoms with Crippen LogP contribution in [0.25, 0.3) is 10.9 Å². The zero-order chi connectivity index (χ0) is 10.3. The largest absolute Gasteiger partial charge is 0.618 e. The van der Waals surface area contributed by atoms with Gasteiger partial charge < -0.3 is 10.1 Å². The first kappa shape index (κ1) is 8.53. The van der Waals surface area contributed by atoms with E-state index in [4.69, 9.17) is 0 Å². The number of hydrogen-bond donors (Lipinski definition) is 0. The Hall–Kier alpha value is -1.77. The Kier molecular flexibility index (Phi) is 1.78. The monoisotopic (exact) mass is 200 g/mol. The number of anilines is 1. The van der Waals surface area contributed by atoms with Gasteiger partial charge in [-0.2, -0.15) is 4.73 Å². The van der Waals surface area contributed by atoms with Crippen molar-refractivity contribution in [2.45, 2.75) is 6.42 Å². The molecule has 3 nitrogen and oxygen atoms in total. The average molecular weight is 200 g/mol. The molecule has 0 spiro atoms. The molecule has 15 heavy (non-hydrogen) atoms. The van der Waals surface area contributed by atoms with Crippen molar-refractivity contribution in [1.29, 1.82) is 0 Å². The lowest BCUT2D eigenvalue weighted by Gasteiger charge is -2.33. The van der Waals surface area contributed by atoms with Crippen molar-refractivity contribution >= 4 is 16.6 Å². The van der Waals surface area contributed by atoms with Crippen LogP contribution in [-0.2, 0) is 0 Å².